The molecule has 0 spiro atoms. The molecule has 1 fully saturated rings. The second-order valence-corrected chi connectivity index (χ2v) is 8.73. The third kappa shape index (κ3) is 7.11. The molecule has 0 aliphatic heterocycles. The van der Waals surface area contributed by atoms with Crippen molar-refractivity contribution < 1.29 is 8.42 Å². The van der Waals surface area contributed by atoms with Crippen LogP contribution in [0.4, 0.5) is 0 Å². The van der Waals surface area contributed by atoms with Crippen LogP contribution in [0.1, 0.15) is 66.2 Å². The van der Waals surface area contributed by atoms with E-state index in [0.717, 1.165) is 32.2 Å². The van der Waals surface area contributed by atoms with Crippen LogP contribution in [0.15, 0.2) is 0 Å². The van der Waals surface area contributed by atoms with Crippen molar-refractivity contribution in [2.24, 2.45) is 5.92 Å². The Morgan fingerprint density at radius 2 is 1.76 bits per heavy atom. The topological polar surface area (TPSA) is 49.4 Å². The molecule has 21 heavy (non-hydrogen) atoms. The summed E-state index contributed by atoms with van der Waals surface area (Å²) in [5.74, 6) is 0.666. The number of hydrogen-bond acceptors (Lipinski definition) is 3. The van der Waals surface area contributed by atoms with Gasteiger partial charge in [-0.1, -0.05) is 27.7 Å². The third-order valence-electron chi connectivity index (χ3n) is 4.09. The summed E-state index contributed by atoms with van der Waals surface area (Å²) in [7, 11) is -3.12. The van der Waals surface area contributed by atoms with Crippen molar-refractivity contribution >= 4 is 10.0 Å². The molecule has 0 atom stereocenters. The Morgan fingerprint density at radius 1 is 1.14 bits per heavy atom. The first-order chi connectivity index (χ1) is 9.90. The average Bonchev–Trinajstić information content (AvgIpc) is 3.22. The summed E-state index contributed by atoms with van der Waals surface area (Å²) in [6.45, 7) is 9.94. The van der Waals surface area contributed by atoms with Gasteiger partial charge in [0.15, 0.2) is 0 Å². The van der Waals surface area contributed by atoms with Gasteiger partial charge in [0, 0.05) is 18.6 Å². The Hall–Kier alpha value is -0.130. The van der Waals surface area contributed by atoms with E-state index in [1.165, 1.54) is 12.8 Å². The fourth-order valence-electron chi connectivity index (χ4n) is 2.67. The molecule has 0 saturated heterocycles. The molecule has 0 heterocycles. The molecule has 126 valence electrons. The summed E-state index contributed by atoms with van der Waals surface area (Å²) in [6, 6.07) is 0.866. The maximum absolute atomic E-state index is 12.6. The van der Waals surface area contributed by atoms with E-state index in [4.69, 9.17) is 0 Å². The van der Waals surface area contributed by atoms with Crippen LogP contribution in [0.5, 0.6) is 0 Å². The van der Waals surface area contributed by atoms with Crippen molar-refractivity contribution in [2.45, 2.75) is 78.3 Å². The van der Waals surface area contributed by atoms with Crippen LogP contribution < -0.4 is 5.32 Å². The lowest BCUT2D eigenvalue weighted by Crippen LogP contribution is -2.43. The molecule has 0 amide bonds. The zero-order chi connectivity index (χ0) is 15.9. The molecular formula is C16H34N2O2S. The average molecular weight is 319 g/mol. The van der Waals surface area contributed by atoms with Gasteiger partial charge in [-0.15, -0.1) is 0 Å². The Balaban J connectivity index is 2.47. The van der Waals surface area contributed by atoms with Gasteiger partial charge < -0.3 is 5.32 Å². The molecule has 0 unspecified atom stereocenters. The molecule has 0 aromatic heterocycles. The first-order valence-electron chi connectivity index (χ1n) is 8.63. The molecule has 0 aromatic rings. The van der Waals surface area contributed by atoms with E-state index in [2.05, 4.69) is 33.0 Å². The Bertz CT molecular complexity index is 374. The molecule has 5 heteroatoms. The lowest BCUT2D eigenvalue weighted by atomic mass is 10.1. The fraction of sp³-hybridized carbons (Fsp3) is 1.00. The minimum atomic E-state index is -3.12. The van der Waals surface area contributed by atoms with Crippen molar-refractivity contribution in [1.82, 2.24) is 9.62 Å². The summed E-state index contributed by atoms with van der Waals surface area (Å²) in [5, 5.41) is 3.44. The second kappa shape index (κ2) is 9.11. The number of unbranched alkanes of at least 4 members (excludes halogenated alkanes) is 1. The van der Waals surface area contributed by atoms with Gasteiger partial charge in [-0.3, -0.25) is 0 Å². The predicted molar refractivity (Wildman–Crippen MR) is 90.0 cm³/mol. The number of hydrogen-bond donors (Lipinski definition) is 1. The smallest absolute Gasteiger partial charge is 0.214 e. The normalized spacial score (nSPS) is 16.3. The van der Waals surface area contributed by atoms with Crippen LogP contribution in [0.25, 0.3) is 0 Å². The lowest BCUT2D eigenvalue weighted by molar-refractivity contribution is 0.276. The number of sulfonamides is 1. The summed E-state index contributed by atoms with van der Waals surface area (Å²) in [4.78, 5) is 0. The highest BCUT2D eigenvalue weighted by molar-refractivity contribution is 7.89. The number of rotatable bonds is 12. The molecule has 1 rings (SSSR count). The van der Waals surface area contributed by atoms with Crippen LogP contribution in [0.3, 0.4) is 0 Å². The van der Waals surface area contributed by atoms with Crippen molar-refractivity contribution in [3.63, 3.8) is 0 Å². The van der Waals surface area contributed by atoms with E-state index in [1.54, 1.807) is 4.31 Å². The summed E-state index contributed by atoms with van der Waals surface area (Å²) in [6.07, 6.45) is 6.08. The van der Waals surface area contributed by atoms with Gasteiger partial charge in [-0.25, -0.2) is 8.42 Å². The first-order valence-corrected chi connectivity index (χ1v) is 10.2. The van der Waals surface area contributed by atoms with Crippen LogP contribution in [0.2, 0.25) is 0 Å². The maximum atomic E-state index is 12.6. The van der Waals surface area contributed by atoms with E-state index in [1.807, 2.05) is 0 Å². The number of nitrogens with one attached hydrogen (secondary N) is 1. The van der Waals surface area contributed by atoms with Crippen molar-refractivity contribution in [3.05, 3.63) is 0 Å². The van der Waals surface area contributed by atoms with Gasteiger partial charge in [0.05, 0.1) is 5.75 Å². The van der Waals surface area contributed by atoms with Gasteiger partial charge >= 0.3 is 0 Å². The molecule has 1 saturated carbocycles. The largest absolute Gasteiger partial charge is 0.314 e. The second-order valence-electron chi connectivity index (χ2n) is 6.69. The number of nitrogens with zero attached hydrogens (tertiary/aromatic N) is 1. The molecule has 1 aliphatic rings. The first kappa shape index (κ1) is 18.9. The van der Waals surface area contributed by atoms with E-state index in [0.29, 0.717) is 24.3 Å². The van der Waals surface area contributed by atoms with Gasteiger partial charge in [-0.2, -0.15) is 4.31 Å². The quantitative estimate of drug-likeness (QED) is 0.563. The van der Waals surface area contributed by atoms with Gasteiger partial charge in [0.25, 0.3) is 0 Å². The SMILES string of the molecule is CCC(CC)N(CC(C)C)S(=O)(=O)CCCCNC1CC1. The van der Waals surface area contributed by atoms with Crippen molar-refractivity contribution in [2.75, 3.05) is 18.8 Å². The van der Waals surface area contributed by atoms with Crippen LogP contribution in [0, 0.1) is 5.92 Å². The van der Waals surface area contributed by atoms with Crippen LogP contribution >= 0.6 is 0 Å². The molecule has 4 nitrogen and oxygen atoms in total. The third-order valence-corrected chi connectivity index (χ3v) is 6.06. The maximum Gasteiger partial charge on any atom is 0.214 e. The van der Waals surface area contributed by atoms with Crippen molar-refractivity contribution in [3.8, 4) is 0 Å². The minimum absolute atomic E-state index is 0.155. The van der Waals surface area contributed by atoms with E-state index >= 15 is 0 Å². The minimum Gasteiger partial charge on any atom is -0.314 e. The van der Waals surface area contributed by atoms with Gasteiger partial charge in [-0.05, 0) is 51.0 Å². The zero-order valence-electron chi connectivity index (χ0n) is 14.3. The molecule has 0 bridgehead atoms. The highest BCUT2D eigenvalue weighted by Gasteiger charge is 2.28. The predicted octanol–water partition coefficient (Wildman–Crippen LogP) is 3.00. The van der Waals surface area contributed by atoms with E-state index in [-0.39, 0.29) is 6.04 Å². The Morgan fingerprint density at radius 3 is 2.24 bits per heavy atom. The Labute approximate surface area is 131 Å². The summed E-state index contributed by atoms with van der Waals surface area (Å²) in [5.41, 5.74) is 0. The molecule has 1 aliphatic carbocycles. The van der Waals surface area contributed by atoms with E-state index < -0.39 is 10.0 Å². The van der Waals surface area contributed by atoms with Gasteiger partial charge in [0.2, 0.25) is 10.0 Å². The summed E-state index contributed by atoms with van der Waals surface area (Å²) >= 11 is 0. The van der Waals surface area contributed by atoms with Gasteiger partial charge in [0.1, 0.15) is 0 Å². The fourth-order valence-corrected chi connectivity index (χ4v) is 4.75. The Kier molecular flexibility index (Phi) is 8.21. The lowest BCUT2D eigenvalue weighted by Gasteiger charge is -2.31. The molecular weight excluding hydrogens is 284 g/mol. The monoisotopic (exact) mass is 318 g/mol. The zero-order valence-corrected chi connectivity index (χ0v) is 15.1. The highest BCUT2D eigenvalue weighted by Crippen LogP contribution is 2.19. The molecule has 0 aromatic carbocycles. The standard InChI is InChI=1S/C16H34N2O2S/c1-5-16(6-2)18(13-14(3)4)21(19,20)12-8-7-11-17-15-9-10-15/h14-17H,5-13H2,1-4H3. The van der Waals surface area contributed by atoms with E-state index in [9.17, 15) is 8.42 Å². The molecule has 1 N–H and O–H groups in total. The van der Waals surface area contributed by atoms with Crippen LogP contribution in [-0.2, 0) is 10.0 Å². The van der Waals surface area contributed by atoms with Crippen LogP contribution in [-0.4, -0.2) is 43.6 Å². The summed E-state index contributed by atoms with van der Waals surface area (Å²) < 4.78 is 27.1. The highest BCUT2D eigenvalue weighted by atomic mass is 32.2. The van der Waals surface area contributed by atoms with Crippen molar-refractivity contribution in [1.29, 1.82) is 0 Å². The molecule has 0 radical (unpaired) electrons.